The average molecular weight is 399 g/mol. The van der Waals surface area contributed by atoms with E-state index in [0.717, 1.165) is 22.3 Å². The van der Waals surface area contributed by atoms with Gasteiger partial charge in [-0.1, -0.05) is 72.8 Å². The molecule has 0 fully saturated rings. The van der Waals surface area contributed by atoms with Crippen LogP contribution in [0.25, 0.3) is 0 Å². The fourth-order valence-corrected chi connectivity index (χ4v) is 3.28. The van der Waals surface area contributed by atoms with Crippen LogP contribution >= 0.6 is 0 Å². The zero-order valence-corrected chi connectivity index (χ0v) is 16.5. The van der Waals surface area contributed by atoms with Crippen LogP contribution in [0.4, 0.5) is 10.5 Å². The third kappa shape index (κ3) is 4.22. The van der Waals surface area contributed by atoms with Crippen LogP contribution in [0.1, 0.15) is 22.3 Å². The zero-order valence-electron chi connectivity index (χ0n) is 16.5. The molecule has 2 amide bonds. The Morgan fingerprint density at radius 2 is 1.63 bits per heavy atom. The molecule has 150 valence electrons. The second-order valence-corrected chi connectivity index (χ2v) is 6.94. The van der Waals surface area contributed by atoms with Crippen molar-refractivity contribution in [2.24, 2.45) is 4.99 Å². The maximum Gasteiger partial charge on any atom is 0.409 e. The van der Waals surface area contributed by atoms with E-state index in [-0.39, 0.29) is 6.61 Å². The second kappa shape index (κ2) is 8.61. The quantitative estimate of drug-likeness (QED) is 0.695. The van der Waals surface area contributed by atoms with E-state index >= 15 is 0 Å². The first-order chi connectivity index (χ1) is 14.6. The van der Waals surface area contributed by atoms with Gasteiger partial charge < -0.3 is 10.1 Å². The number of nitrogens with zero attached hydrogens (tertiary/aromatic N) is 1. The third-order valence-electron chi connectivity index (χ3n) is 4.81. The summed E-state index contributed by atoms with van der Waals surface area (Å²) < 4.78 is 5.26. The van der Waals surface area contributed by atoms with E-state index in [4.69, 9.17) is 4.74 Å². The van der Waals surface area contributed by atoms with Crippen molar-refractivity contribution in [2.75, 3.05) is 5.32 Å². The van der Waals surface area contributed by atoms with Crippen LogP contribution in [-0.4, -0.2) is 23.9 Å². The highest BCUT2D eigenvalue weighted by Gasteiger charge is 2.27. The molecule has 0 bridgehead atoms. The van der Waals surface area contributed by atoms with E-state index in [1.165, 1.54) is 0 Å². The summed E-state index contributed by atoms with van der Waals surface area (Å²) >= 11 is 0. The van der Waals surface area contributed by atoms with Crippen molar-refractivity contribution in [3.05, 3.63) is 101 Å². The molecule has 1 aliphatic rings. The Labute approximate surface area is 174 Å². The van der Waals surface area contributed by atoms with Crippen LogP contribution in [0.5, 0.6) is 0 Å². The first-order valence-electron chi connectivity index (χ1n) is 9.63. The Morgan fingerprint density at radius 3 is 2.40 bits per heavy atom. The lowest BCUT2D eigenvalue weighted by Crippen LogP contribution is -2.42. The summed E-state index contributed by atoms with van der Waals surface area (Å²) in [5.41, 5.74) is 4.84. The molecule has 0 saturated carbocycles. The number of hydrogen-bond donors (Lipinski definition) is 2. The summed E-state index contributed by atoms with van der Waals surface area (Å²) in [6, 6.07) is 24.6. The number of rotatable bonds is 4. The number of para-hydroxylation sites is 1. The minimum Gasteiger partial charge on any atom is -0.445 e. The minimum atomic E-state index is -1.12. The van der Waals surface area contributed by atoms with Gasteiger partial charge in [0, 0.05) is 11.1 Å². The number of alkyl carbamates (subject to hydrolysis) is 1. The van der Waals surface area contributed by atoms with E-state index < -0.39 is 18.2 Å². The van der Waals surface area contributed by atoms with E-state index in [2.05, 4.69) is 15.6 Å². The lowest BCUT2D eigenvalue weighted by Gasteiger charge is -2.14. The van der Waals surface area contributed by atoms with Crippen molar-refractivity contribution in [3.63, 3.8) is 0 Å². The van der Waals surface area contributed by atoms with Crippen molar-refractivity contribution in [1.29, 1.82) is 0 Å². The van der Waals surface area contributed by atoms with Gasteiger partial charge in [0.1, 0.15) is 6.61 Å². The molecule has 30 heavy (non-hydrogen) atoms. The number of benzene rings is 3. The third-order valence-corrected chi connectivity index (χ3v) is 4.81. The van der Waals surface area contributed by atoms with Crippen LogP contribution in [0.2, 0.25) is 0 Å². The number of aryl methyl sites for hydroxylation is 1. The number of carbonyl (C=O) groups excluding carboxylic acids is 2. The molecule has 0 aromatic heterocycles. The number of anilines is 1. The Bertz CT molecular complexity index is 1110. The normalized spacial score (nSPS) is 15.3. The molecule has 6 heteroatoms. The largest absolute Gasteiger partial charge is 0.445 e. The Morgan fingerprint density at radius 1 is 0.967 bits per heavy atom. The highest BCUT2D eigenvalue weighted by molar-refractivity contribution is 6.20. The van der Waals surface area contributed by atoms with Gasteiger partial charge in [-0.3, -0.25) is 10.1 Å². The predicted molar refractivity (Wildman–Crippen MR) is 115 cm³/mol. The summed E-state index contributed by atoms with van der Waals surface area (Å²) in [4.78, 5) is 29.7. The topological polar surface area (TPSA) is 79.8 Å². The van der Waals surface area contributed by atoms with Crippen molar-refractivity contribution >= 4 is 23.4 Å². The SMILES string of the molecule is Cc1ccccc1C1=NC(NC(=O)OCc2ccccc2)C(=O)Nc2ccccc21. The highest BCUT2D eigenvalue weighted by atomic mass is 16.5. The molecule has 3 aromatic carbocycles. The first kappa shape index (κ1) is 19.4. The molecular formula is C24H21N3O3. The summed E-state index contributed by atoms with van der Waals surface area (Å²) in [5, 5.41) is 5.42. The molecule has 2 N–H and O–H groups in total. The van der Waals surface area contributed by atoms with Gasteiger partial charge in [-0.05, 0) is 24.1 Å². The van der Waals surface area contributed by atoms with Gasteiger partial charge in [-0.15, -0.1) is 0 Å². The van der Waals surface area contributed by atoms with Gasteiger partial charge in [0.15, 0.2) is 0 Å². The molecular weight excluding hydrogens is 378 g/mol. The number of fused-ring (bicyclic) bond motifs is 1. The van der Waals surface area contributed by atoms with Crippen LogP contribution < -0.4 is 10.6 Å². The van der Waals surface area contributed by atoms with E-state index in [1.807, 2.05) is 85.8 Å². The molecule has 0 saturated heterocycles. The fourth-order valence-electron chi connectivity index (χ4n) is 3.28. The van der Waals surface area contributed by atoms with Gasteiger partial charge in [0.2, 0.25) is 6.17 Å². The minimum absolute atomic E-state index is 0.107. The van der Waals surface area contributed by atoms with Crippen molar-refractivity contribution in [2.45, 2.75) is 19.7 Å². The lowest BCUT2D eigenvalue weighted by molar-refractivity contribution is -0.117. The van der Waals surface area contributed by atoms with Crippen molar-refractivity contribution < 1.29 is 14.3 Å². The number of benzodiazepines with no additional fused rings is 1. The average Bonchev–Trinajstić information content (AvgIpc) is 2.90. The van der Waals surface area contributed by atoms with E-state index in [9.17, 15) is 9.59 Å². The highest BCUT2D eigenvalue weighted by Crippen LogP contribution is 2.25. The van der Waals surface area contributed by atoms with Gasteiger partial charge in [-0.25, -0.2) is 9.79 Å². The molecule has 0 spiro atoms. The van der Waals surface area contributed by atoms with Crippen LogP contribution in [-0.2, 0) is 16.1 Å². The molecule has 0 radical (unpaired) electrons. The summed E-state index contributed by atoms with van der Waals surface area (Å²) in [7, 11) is 0. The van der Waals surface area contributed by atoms with Gasteiger partial charge >= 0.3 is 6.09 Å². The predicted octanol–water partition coefficient (Wildman–Crippen LogP) is 4.04. The van der Waals surface area contributed by atoms with Crippen LogP contribution in [0.15, 0.2) is 83.9 Å². The van der Waals surface area contributed by atoms with Crippen LogP contribution in [0.3, 0.4) is 0 Å². The molecule has 1 unspecified atom stereocenters. The Kier molecular flexibility index (Phi) is 5.57. The maximum atomic E-state index is 12.8. The number of nitrogens with one attached hydrogen (secondary N) is 2. The molecule has 1 atom stereocenters. The molecule has 0 aliphatic carbocycles. The Hall–Kier alpha value is -3.93. The summed E-state index contributed by atoms with van der Waals surface area (Å²) in [6.07, 6.45) is -1.83. The molecule has 3 aromatic rings. The van der Waals surface area contributed by atoms with Gasteiger partial charge in [-0.2, -0.15) is 0 Å². The van der Waals surface area contributed by atoms with Crippen molar-refractivity contribution in [3.8, 4) is 0 Å². The number of carbonyl (C=O) groups is 2. The number of aliphatic imine (C=N–C) groups is 1. The van der Waals surface area contributed by atoms with Crippen LogP contribution in [0, 0.1) is 6.92 Å². The molecule has 6 nitrogen and oxygen atoms in total. The molecule has 1 aliphatic heterocycles. The number of ether oxygens (including phenoxy) is 1. The Balaban J connectivity index is 1.61. The number of amides is 2. The lowest BCUT2D eigenvalue weighted by atomic mass is 9.97. The van der Waals surface area contributed by atoms with Gasteiger partial charge in [0.05, 0.1) is 11.4 Å². The second-order valence-electron chi connectivity index (χ2n) is 6.94. The summed E-state index contributed by atoms with van der Waals surface area (Å²) in [5.74, 6) is -0.428. The van der Waals surface area contributed by atoms with E-state index in [0.29, 0.717) is 11.4 Å². The first-order valence-corrected chi connectivity index (χ1v) is 9.63. The van der Waals surface area contributed by atoms with Gasteiger partial charge in [0.25, 0.3) is 5.91 Å². The smallest absolute Gasteiger partial charge is 0.409 e. The molecule has 4 rings (SSSR count). The standard InChI is InChI=1S/C24H21N3O3/c1-16-9-5-6-12-18(16)21-19-13-7-8-14-20(19)25-23(28)22(26-21)27-24(29)30-15-17-10-3-2-4-11-17/h2-14,22H,15H2,1H3,(H,25,28)(H,27,29). The van der Waals surface area contributed by atoms with Crippen molar-refractivity contribution in [1.82, 2.24) is 5.32 Å². The zero-order chi connectivity index (χ0) is 20.9. The number of hydrogen-bond acceptors (Lipinski definition) is 4. The molecule has 1 heterocycles. The maximum absolute atomic E-state index is 12.8. The monoisotopic (exact) mass is 399 g/mol. The fraction of sp³-hybridized carbons (Fsp3) is 0.125. The van der Waals surface area contributed by atoms with E-state index in [1.54, 1.807) is 0 Å². The summed E-state index contributed by atoms with van der Waals surface area (Å²) in [6.45, 7) is 2.09.